The third kappa shape index (κ3) is 6.38. The summed E-state index contributed by atoms with van der Waals surface area (Å²) in [6.07, 6.45) is 4.24. The van der Waals surface area contributed by atoms with Crippen molar-refractivity contribution in [3.63, 3.8) is 0 Å². The smallest absolute Gasteiger partial charge is 0.313 e. The van der Waals surface area contributed by atoms with Crippen LogP contribution in [-0.4, -0.2) is 18.4 Å². The first-order valence-electron chi connectivity index (χ1n) is 7.41. The van der Waals surface area contributed by atoms with E-state index in [2.05, 4.69) is 24.5 Å². The van der Waals surface area contributed by atoms with Crippen molar-refractivity contribution in [2.45, 2.75) is 39.5 Å². The third-order valence-corrected chi connectivity index (χ3v) is 3.38. The summed E-state index contributed by atoms with van der Waals surface area (Å²) in [6, 6.07) is 5.45. The fraction of sp³-hybridized carbons (Fsp3) is 0.500. The maximum Gasteiger partial charge on any atom is 0.313 e. The Morgan fingerprint density at radius 1 is 1.24 bits per heavy atom. The van der Waals surface area contributed by atoms with Crippen LogP contribution in [0.15, 0.2) is 24.3 Å². The Morgan fingerprint density at radius 2 is 2.00 bits per heavy atom. The van der Waals surface area contributed by atoms with Gasteiger partial charge in [-0.2, -0.15) is 0 Å². The number of hydrogen-bond donors (Lipinski definition) is 2. The van der Waals surface area contributed by atoms with E-state index in [1.54, 1.807) is 0 Å². The average Bonchev–Trinajstić information content (AvgIpc) is 2.47. The van der Waals surface area contributed by atoms with Crippen LogP contribution in [-0.2, 0) is 9.59 Å². The quantitative estimate of drug-likeness (QED) is 0.759. The lowest BCUT2D eigenvalue weighted by molar-refractivity contribution is -0.136. The number of halogens is 1. The molecule has 2 N–H and O–H groups in total. The second-order valence-electron chi connectivity index (χ2n) is 5.09. The summed E-state index contributed by atoms with van der Waals surface area (Å²) in [6.45, 7) is 4.68. The molecule has 0 saturated carbocycles. The molecular weight excluding hydrogens is 271 g/mol. The normalized spacial score (nSPS) is 11.8. The van der Waals surface area contributed by atoms with Gasteiger partial charge in [-0.25, -0.2) is 4.39 Å². The number of carbonyl (C=O) groups is 2. The molecule has 0 saturated heterocycles. The highest BCUT2D eigenvalue weighted by molar-refractivity contribution is 6.39. The van der Waals surface area contributed by atoms with Crippen LogP contribution >= 0.6 is 0 Å². The Hall–Kier alpha value is -1.91. The number of amides is 2. The molecule has 0 aliphatic rings. The number of carbonyl (C=O) groups excluding carboxylic acids is 2. The van der Waals surface area contributed by atoms with E-state index in [9.17, 15) is 14.0 Å². The number of rotatable bonds is 7. The van der Waals surface area contributed by atoms with E-state index < -0.39 is 17.6 Å². The van der Waals surface area contributed by atoms with E-state index in [0.717, 1.165) is 25.7 Å². The Labute approximate surface area is 125 Å². The first kappa shape index (κ1) is 17.1. The van der Waals surface area contributed by atoms with Gasteiger partial charge in [0.05, 0.1) is 0 Å². The van der Waals surface area contributed by atoms with Crippen molar-refractivity contribution in [2.24, 2.45) is 5.92 Å². The molecule has 0 heterocycles. The van der Waals surface area contributed by atoms with Crippen molar-refractivity contribution in [2.75, 3.05) is 11.9 Å². The summed E-state index contributed by atoms with van der Waals surface area (Å²) in [4.78, 5) is 23.4. The zero-order valence-corrected chi connectivity index (χ0v) is 12.6. The summed E-state index contributed by atoms with van der Waals surface area (Å²) in [5.74, 6) is -1.53. The minimum Gasteiger partial charge on any atom is -0.348 e. The van der Waals surface area contributed by atoms with E-state index in [1.807, 2.05) is 0 Å². The molecule has 0 radical (unpaired) electrons. The highest BCUT2D eigenvalue weighted by Crippen LogP contribution is 2.11. The molecule has 0 spiro atoms. The predicted octanol–water partition coefficient (Wildman–Crippen LogP) is 3.10. The standard InChI is InChI=1S/C16H23FN2O2/c1-3-5-7-12(4-2)11-18-15(20)16(21)19-14-9-6-8-13(17)10-14/h6,8-10,12H,3-5,7,11H2,1-2H3,(H,18,20)(H,19,21)/t12-/m0/s1. The van der Waals surface area contributed by atoms with E-state index in [4.69, 9.17) is 0 Å². The van der Waals surface area contributed by atoms with E-state index >= 15 is 0 Å². The lowest BCUT2D eigenvalue weighted by Crippen LogP contribution is -2.38. The first-order chi connectivity index (χ1) is 10.1. The number of unbranched alkanes of at least 4 members (excludes halogenated alkanes) is 1. The predicted molar refractivity (Wildman–Crippen MR) is 81.3 cm³/mol. The Morgan fingerprint density at radius 3 is 2.62 bits per heavy atom. The molecule has 5 heteroatoms. The molecule has 0 aromatic heterocycles. The molecule has 0 aliphatic carbocycles. The summed E-state index contributed by atoms with van der Waals surface area (Å²) in [7, 11) is 0. The maximum atomic E-state index is 13.0. The lowest BCUT2D eigenvalue weighted by Gasteiger charge is -2.15. The Kier molecular flexibility index (Phi) is 7.43. The SMILES string of the molecule is CCCC[C@H](CC)CNC(=O)C(=O)Nc1cccc(F)c1. The number of benzene rings is 1. The molecular formula is C16H23FN2O2. The Balaban J connectivity index is 2.42. The highest BCUT2D eigenvalue weighted by atomic mass is 19.1. The van der Waals surface area contributed by atoms with Crippen LogP contribution in [0.4, 0.5) is 10.1 Å². The van der Waals surface area contributed by atoms with Crippen LogP contribution in [0.5, 0.6) is 0 Å². The molecule has 0 bridgehead atoms. The van der Waals surface area contributed by atoms with Crippen molar-refractivity contribution in [3.05, 3.63) is 30.1 Å². The van der Waals surface area contributed by atoms with Crippen LogP contribution in [0, 0.1) is 11.7 Å². The minimum absolute atomic E-state index is 0.271. The molecule has 0 aliphatic heterocycles. The third-order valence-electron chi connectivity index (χ3n) is 3.38. The van der Waals surface area contributed by atoms with Crippen LogP contribution in [0.3, 0.4) is 0 Å². The number of hydrogen-bond acceptors (Lipinski definition) is 2. The van der Waals surface area contributed by atoms with Crippen molar-refractivity contribution < 1.29 is 14.0 Å². The molecule has 1 aromatic rings. The number of nitrogens with one attached hydrogen (secondary N) is 2. The zero-order valence-electron chi connectivity index (χ0n) is 12.6. The second-order valence-corrected chi connectivity index (χ2v) is 5.09. The minimum atomic E-state index is -0.772. The molecule has 21 heavy (non-hydrogen) atoms. The van der Waals surface area contributed by atoms with Gasteiger partial charge in [-0.3, -0.25) is 9.59 Å². The van der Waals surface area contributed by atoms with Gasteiger partial charge < -0.3 is 10.6 Å². The van der Waals surface area contributed by atoms with Crippen LogP contribution < -0.4 is 10.6 Å². The van der Waals surface area contributed by atoms with Gasteiger partial charge in [0, 0.05) is 12.2 Å². The summed E-state index contributed by atoms with van der Waals surface area (Å²) in [5.41, 5.74) is 0.271. The molecule has 1 aromatic carbocycles. The van der Waals surface area contributed by atoms with Gasteiger partial charge in [0.2, 0.25) is 0 Å². The molecule has 4 nitrogen and oxygen atoms in total. The fourth-order valence-corrected chi connectivity index (χ4v) is 2.01. The fourth-order valence-electron chi connectivity index (χ4n) is 2.01. The van der Waals surface area contributed by atoms with Crippen molar-refractivity contribution in [1.29, 1.82) is 0 Å². The molecule has 1 rings (SSSR count). The highest BCUT2D eigenvalue weighted by Gasteiger charge is 2.15. The first-order valence-corrected chi connectivity index (χ1v) is 7.41. The molecule has 2 amide bonds. The van der Waals surface area contributed by atoms with Gasteiger partial charge >= 0.3 is 11.8 Å². The molecule has 1 atom stereocenters. The van der Waals surface area contributed by atoms with Gasteiger partial charge in [0.1, 0.15) is 5.82 Å². The molecule has 116 valence electrons. The van der Waals surface area contributed by atoms with Gasteiger partial charge in [-0.15, -0.1) is 0 Å². The van der Waals surface area contributed by atoms with Gasteiger partial charge in [-0.05, 0) is 30.5 Å². The van der Waals surface area contributed by atoms with Gasteiger partial charge in [-0.1, -0.05) is 39.2 Å². The van der Waals surface area contributed by atoms with Crippen molar-refractivity contribution >= 4 is 17.5 Å². The zero-order chi connectivity index (χ0) is 15.7. The van der Waals surface area contributed by atoms with Crippen LogP contribution in [0.2, 0.25) is 0 Å². The van der Waals surface area contributed by atoms with Crippen LogP contribution in [0.1, 0.15) is 39.5 Å². The number of anilines is 1. The summed E-state index contributed by atoms with van der Waals surface area (Å²) < 4.78 is 13.0. The maximum absolute atomic E-state index is 13.0. The molecule has 0 unspecified atom stereocenters. The second kappa shape index (κ2) is 9.10. The van der Waals surface area contributed by atoms with Gasteiger partial charge in [0.15, 0.2) is 0 Å². The van der Waals surface area contributed by atoms with E-state index in [1.165, 1.54) is 24.3 Å². The largest absolute Gasteiger partial charge is 0.348 e. The Bertz CT molecular complexity index is 477. The molecule has 0 fully saturated rings. The lowest BCUT2D eigenvalue weighted by atomic mass is 9.99. The van der Waals surface area contributed by atoms with E-state index in [0.29, 0.717) is 12.5 Å². The monoisotopic (exact) mass is 294 g/mol. The summed E-state index contributed by atoms with van der Waals surface area (Å²) in [5, 5.41) is 5.01. The topological polar surface area (TPSA) is 58.2 Å². The van der Waals surface area contributed by atoms with E-state index in [-0.39, 0.29) is 5.69 Å². The summed E-state index contributed by atoms with van der Waals surface area (Å²) >= 11 is 0. The van der Waals surface area contributed by atoms with Crippen LogP contribution in [0.25, 0.3) is 0 Å². The average molecular weight is 294 g/mol. The van der Waals surface area contributed by atoms with Gasteiger partial charge in [0.25, 0.3) is 0 Å². The van der Waals surface area contributed by atoms with Crippen molar-refractivity contribution in [1.82, 2.24) is 5.32 Å². The van der Waals surface area contributed by atoms with Crippen molar-refractivity contribution in [3.8, 4) is 0 Å².